The first-order valence-electron chi connectivity index (χ1n) is 13.6. The van der Waals surface area contributed by atoms with Gasteiger partial charge in [-0.25, -0.2) is 10.2 Å². The quantitative estimate of drug-likeness (QED) is 0.109. The number of ether oxygens (including phenoxy) is 2. The summed E-state index contributed by atoms with van der Waals surface area (Å²) < 4.78 is 13.3. The van der Waals surface area contributed by atoms with Crippen molar-refractivity contribution in [3.63, 3.8) is 0 Å². The molecule has 0 aliphatic carbocycles. The van der Waals surface area contributed by atoms with Gasteiger partial charge >= 0.3 is 5.97 Å². The highest BCUT2D eigenvalue weighted by Crippen LogP contribution is 2.33. The molecular weight excluding hydrogens is 550 g/mol. The van der Waals surface area contributed by atoms with Crippen LogP contribution in [0.4, 0.5) is 0 Å². The zero-order chi connectivity index (χ0) is 29.5. The van der Waals surface area contributed by atoms with Crippen molar-refractivity contribution in [1.29, 1.82) is 0 Å². The van der Waals surface area contributed by atoms with Crippen molar-refractivity contribution in [3.05, 3.63) is 113 Å². The van der Waals surface area contributed by atoms with Gasteiger partial charge in [0.2, 0.25) is 0 Å². The average Bonchev–Trinajstić information content (AvgIpc) is 3.33. The topological polar surface area (TPSA) is 106 Å². The van der Waals surface area contributed by atoms with E-state index < -0.39 is 17.9 Å². The molecule has 0 fully saturated rings. The van der Waals surface area contributed by atoms with Crippen molar-refractivity contribution < 1.29 is 19.1 Å². The summed E-state index contributed by atoms with van der Waals surface area (Å²) >= 11 is 5.33. The smallest absolute Gasteiger partial charge is 0.338 e. The van der Waals surface area contributed by atoms with Crippen LogP contribution < -0.4 is 20.8 Å². The summed E-state index contributed by atoms with van der Waals surface area (Å²) in [6, 6.07) is 24.8. The maximum absolute atomic E-state index is 12.8. The third kappa shape index (κ3) is 6.50. The van der Waals surface area contributed by atoms with E-state index in [-0.39, 0.29) is 13.2 Å². The van der Waals surface area contributed by atoms with Crippen LogP contribution in [0.25, 0.3) is 10.9 Å². The lowest BCUT2D eigenvalue weighted by Crippen LogP contribution is -2.45. The van der Waals surface area contributed by atoms with Crippen LogP contribution in [0.5, 0.6) is 5.75 Å². The molecule has 0 saturated heterocycles. The Kier molecular flexibility index (Phi) is 8.93. The molecule has 1 atom stereocenters. The SMILES string of the molecule is CCOC(=O)C1=C(C)NC(=S)N[C@H]1c1ccccc1OCC(=O)NN=Cc1cn(Cc2ccccc2)c2ccccc12. The van der Waals surface area contributed by atoms with Crippen LogP contribution >= 0.6 is 12.2 Å². The number of esters is 1. The number of allylic oxidation sites excluding steroid dienone is 1. The van der Waals surface area contributed by atoms with E-state index in [2.05, 4.69) is 43.9 Å². The molecule has 3 N–H and O–H groups in total. The van der Waals surface area contributed by atoms with Crippen molar-refractivity contribution in [1.82, 2.24) is 20.6 Å². The first-order chi connectivity index (χ1) is 20.4. The summed E-state index contributed by atoms with van der Waals surface area (Å²) in [5.74, 6) is -0.466. The molecule has 1 aliphatic rings. The normalized spacial score (nSPS) is 14.9. The highest BCUT2D eigenvalue weighted by molar-refractivity contribution is 7.80. The van der Waals surface area contributed by atoms with Gasteiger partial charge in [-0.1, -0.05) is 66.7 Å². The zero-order valence-corrected chi connectivity index (χ0v) is 24.1. The van der Waals surface area contributed by atoms with Crippen LogP contribution in [0, 0.1) is 0 Å². The first kappa shape index (κ1) is 28.6. The van der Waals surface area contributed by atoms with Gasteiger partial charge in [0.05, 0.1) is 24.4 Å². The van der Waals surface area contributed by atoms with Crippen molar-refractivity contribution in [2.24, 2.45) is 5.10 Å². The number of amides is 1. The number of hydrogen-bond acceptors (Lipinski definition) is 6. The molecule has 2 heterocycles. The lowest BCUT2D eigenvalue weighted by atomic mass is 9.95. The molecule has 42 heavy (non-hydrogen) atoms. The van der Waals surface area contributed by atoms with Crippen molar-refractivity contribution >= 4 is 46.3 Å². The summed E-state index contributed by atoms with van der Waals surface area (Å²) in [7, 11) is 0. The molecule has 214 valence electrons. The van der Waals surface area contributed by atoms with E-state index in [1.54, 1.807) is 32.2 Å². The second-order valence-corrected chi connectivity index (χ2v) is 10.0. The third-order valence-corrected chi connectivity index (χ3v) is 6.98. The van der Waals surface area contributed by atoms with Gasteiger partial charge in [0.15, 0.2) is 11.7 Å². The Morgan fingerprint density at radius 3 is 2.60 bits per heavy atom. The Balaban J connectivity index is 1.27. The van der Waals surface area contributed by atoms with E-state index in [4.69, 9.17) is 21.7 Å². The van der Waals surface area contributed by atoms with Gasteiger partial charge in [-0.3, -0.25) is 4.79 Å². The van der Waals surface area contributed by atoms with Crippen molar-refractivity contribution in [2.75, 3.05) is 13.2 Å². The number of aromatic nitrogens is 1. The van der Waals surface area contributed by atoms with Crippen LogP contribution in [0.1, 0.15) is 36.6 Å². The molecule has 1 amide bonds. The Labute approximate surface area is 249 Å². The van der Waals surface area contributed by atoms with Gasteiger partial charge in [-0.05, 0) is 43.8 Å². The first-order valence-corrected chi connectivity index (χ1v) is 14.0. The van der Waals surface area contributed by atoms with E-state index in [1.165, 1.54) is 5.56 Å². The third-order valence-electron chi connectivity index (χ3n) is 6.76. The van der Waals surface area contributed by atoms with Crippen LogP contribution in [0.3, 0.4) is 0 Å². The Morgan fingerprint density at radius 1 is 1.05 bits per heavy atom. The summed E-state index contributed by atoms with van der Waals surface area (Å²) in [6.07, 6.45) is 3.65. The fraction of sp³-hybridized carbons (Fsp3) is 0.188. The molecule has 1 aromatic heterocycles. The molecule has 0 bridgehead atoms. The van der Waals surface area contributed by atoms with Gasteiger partial charge in [0.25, 0.3) is 5.91 Å². The summed E-state index contributed by atoms with van der Waals surface area (Å²) in [5, 5.41) is 11.7. The van der Waals surface area contributed by atoms with Crippen LogP contribution in [-0.4, -0.2) is 41.0 Å². The number of hydrogen-bond donors (Lipinski definition) is 3. The second kappa shape index (κ2) is 13.1. The predicted molar refractivity (Wildman–Crippen MR) is 166 cm³/mol. The van der Waals surface area contributed by atoms with E-state index >= 15 is 0 Å². The minimum atomic E-state index is -0.608. The maximum atomic E-state index is 12.8. The standard InChI is InChI=1S/C32H31N5O4S/c1-3-40-31(39)29-21(2)34-32(42)35-30(29)25-14-8-10-16-27(25)41-20-28(38)36-33-17-23-19-37(18-22-11-5-4-6-12-22)26-15-9-7-13-24(23)26/h4-17,19,30H,3,18,20H2,1-2H3,(H,36,38)(H2,34,35,42)/t30-/m0/s1. The van der Waals surface area contributed by atoms with Crippen LogP contribution in [0.2, 0.25) is 0 Å². The van der Waals surface area contributed by atoms with Gasteiger partial charge in [0.1, 0.15) is 5.75 Å². The van der Waals surface area contributed by atoms with Gasteiger partial charge < -0.3 is 24.7 Å². The molecule has 0 unspecified atom stereocenters. The lowest BCUT2D eigenvalue weighted by molar-refractivity contribution is -0.139. The number of fused-ring (bicyclic) bond motifs is 1. The number of carbonyl (C=O) groups excluding carboxylic acids is 2. The number of para-hydroxylation sites is 2. The van der Waals surface area contributed by atoms with Crippen LogP contribution in [-0.2, 0) is 20.9 Å². The molecule has 9 nitrogen and oxygen atoms in total. The lowest BCUT2D eigenvalue weighted by Gasteiger charge is -2.30. The van der Waals surface area contributed by atoms with Crippen molar-refractivity contribution in [3.8, 4) is 5.75 Å². The maximum Gasteiger partial charge on any atom is 0.338 e. The Bertz CT molecular complexity index is 1680. The number of nitrogens with one attached hydrogen (secondary N) is 3. The number of nitrogens with zero attached hydrogens (tertiary/aromatic N) is 2. The van der Waals surface area contributed by atoms with Gasteiger partial charge in [0, 0.05) is 40.5 Å². The average molecular weight is 582 g/mol. The molecule has 3 aromatic carbocycles. The van der Waals surface area contributed by atoms with E-state index in [0.29, 0.717) is 27.7 Å². The summed E-state index contributed by atoms with van der Waals surface area (Å²) in [4.78, 5) is 25.4. The Hall–Kier alpha value is -4.96. The largest absolute Gasteiger partial charge is 0.483 e. The number of hydrazone groups is 1. The van der Waals surface area contributed by atoms with Gasteiger partial charge in [-0.15, -0.1) is 0 Å². The molecule has 4 aromatic rings. The molecule has 10 heteroatoms. The molecular formula is C32H31N5O4S. The van der Waals surface area contributed by atoms with E-state index in [0.717, 1.165) is 23.0 Å². The molecule has 0 saturated carbocycles. The minimum absolute atomic E-state index is 0.235. The molecule has 1 aliphatic heterocycles. The fourth-order valence-electron chi connectivity index (χ4n) is 4.90. The van der Waals surface area contributed by atoms with Gasteiger partial charge in [-0.2, -0.15) is 5.10 Å². The minimum Gasteiger partial charge on any atom is -0.483 e. The predicted octanol–water partition coefficient (Wildman–Crippen LogP) is 4.57. The number of thiocarbonyl (C=S) groups is 1. The summed E-state index contributed by atoms with van der Waals surface area (Å²) in [5.41, 5.74) is 7.32. The fourth-order valence-corrected chi connectivity index (χ4v) is 5.17. The molecule has 5 rings (SSSR count). The molecule has 0 radical (unpaired) electrons. The highest BCUT2D eigenvalue weighted by atomic mass is 32.1. The number of carbonyl (C=O) groups is 2. The van der Waals surface area contributed by atoms with E-state index in [1.807, 2.05) is 54.7 Å². The van der Waals surface area contributed by atoms with E-state index in [9.17, 15) is 9.59 Å². The summed E-state index contributed by atoms with van der Waals surface area (Å²) in [6.45, 7) is 4.19. The number of rotatable bonds is 10. The number of benzene rings is 3. The monoisotopic (exact) mass is 581 g/mol. The van der Waals surface area contributed by atoms with Crippen molar-refractivity contribution in [2.45, 2.75) is 26.4 Å². The van der Waals surface area contributed by atoms with Crippen LogP contribution in [0.15, 0.2) is 101 Å². The second-order valence-electron chi connectivity index (χ2n) is 9.63. The molecule has 0 spiro atoms. The Morgan fingerprint density at radius 2 is 1.79 bits per heavy atom. The highest BCUT2D eigenvalue weighted by Gasteiger charge is 2.32. The zero-order valence-electron chi connectivity index (χ0n) is 23.3.